The molecule has 2 rings (SSSR count). The Labute approximate surface area is 159 Å². The number of hydrogen-bond acceptors (Lipinski definition) is 2. The molecule has 1 aliphatic rings. The van der Waals surface area contributed by atoms with E-state index in [0.717, 1.165) is 37.1 Å². The molecule has 0 saturated heterocycles. The van der Waals surface area contributed by atoms with Gasteiger partial charge in [0.05, 0.1) is 0 Å². The van der Waals surface area contributed by atoms with E-state index < -0.39 is 0 Å². The van der Waals surface area contributed by atoms with Crippen LogP contribution in [0.25, 0.3) is 0 Å². The lowest BCUT2D eigenvalue weighted by molar-refractivity contribution is 0.101. The number of Topliss-reactive ketones (excluding diaryl/α,β-unsaturated/α-hetero) is 1. The number of benzene rings is 1. The average Bonchev–Trinajstić information content (AvgIpc) is 2.59. The Balaban J connectivity index is 2.49. The van der Waals surface area contributed by atoms with Crippen LogP contribution in [-0.2, 0) is 11.8 Å². The highest BCUT2D eigenvalue weighted by Gasteiger charge is 2.32. The number of hydrogen-bond donors (Lipinski definition) is 0. The zero-order chi connectivity index (χ0) is 19.5. The predicted molar refractivity (Wildman–Crippen MR) is 113 cm³/mol. The van der Waals surface area contributed by atoms with Crippen LogP contribution in [0, 0.1) is 0 Å². The van der Waals surface area contributed by atoms with E-state index in [1.165, 1.54) is 22.4 Å². The van der Waals surface area contributed by atoms with E-state index in [9.17, 15) is 4.79 Å². The molecule has 0 aliphatic carbocycles. The molecule has 26 heavy (non-hydrogen) atoms. The molecule has 0 aromatic heterocycles. The summed E-state index contributed by atoms with van der Waals surface area (Å²) < 4.78 is 0. The van der Waals surface area contributed by atoms with E-state index in [1.54, 1.807) is 6.92 Å². The second-order valence-electron chi connectivity index (χ2n) is 8.03. The summed E-state index contributed by atoms with van der Waals surface area (Å²) in [7, 11) is 0. The fourth-order valence-electron chi connectivity index (χ4n) is 3.60. The third kappa shape index (κ3) is 4.35. The van der Waals surface area contributed by atoms with Crippen molar-refractivity contribution in [1.82, 2.24) is 0 Å². The molecule has 0 atom stereocenters. The standard InChI is InChI=1S/C24H33NO/c1-8-19(11-10-17(3)4)16-25-13-12-24(6,7)22-14-20(9-2)21(18(5)26)15-23(22)25/h8,10-11,14-15H,3,9,12-13,16H2,1-2,4-7H3. The summed E-state index contributed by atoms with van der Waals surface area (Å²) in [4.78, 5) is 14.6. The smallest absolute Gasteiger partial charge is 0.160 e. The Morgan fingerprint density at radius 2 is 1.96 bits per heavy atom. The van der Waals surface area contributed by atoms with Gasteiger partial charge in [-0.2, -0.15) is 0 Å². The molecular weight excluding hydrogens is 318 g/mol. The maximum atomic E-state index is 12.2. The Kier molecular flexibility index (Phi) is 6.28. The van der Waals surface area contributed by atoms with Gasteiger partial charge in [-0.15, -0.1) is 0 Å². The quantitative estimate of drug-likeness (QED) is 0.461. The van der Waals surface area contributed by atoms with Gasteiger partial charge in [0.2, 0.25) is 0 Å². The van der Waals surface area contributed by atoms with Crippen molar-refractivity contribution in [1.29, 1.82) is 0 Å². The molecule has 140 valence electrons. The van der Waals surface area contributed by atoms with Crippen molar-refractivity contribution in [3.63, 3.8) is 0 Å². The number of anilines is 1. The second-order valence-corrected chi connectivity index (χ2v) is 8.03. The van der Waals surface area contributed by atoms with Crippen LogP contribution in [0.1, 0.15) is 69.4 Å². The number of ketones is 1. The zero-order valence-corrected chi connectivity index (χ0v) is 17.3. The fourth-order valence-corrected chi connectivity index (χ4v) is 3.60. The summed E-state index contributed by atoms with van der Waals surface area (Å²) in [6.45, 7) is 18.3. The first-order valence-corrected chi connectivity index (χ1v) is 9.61. The molecule has 0 fully saturated rings. The first-order valence-electron chi connectivity index (χ1n) is 9.61. The van der Waals surface area contributed by atoms with E-state index in [-0.39, 0.29) is 11.2 Å². The van der Waals surface area contributed by atoms with Gasteiger partial charge in [-0.25, -0.2) is 0 Å². The van der Waals surface area contributed by atoms with Gasteiger partial charge in [0, 0.05) is 24.3 Å². The van der Waals surface area contributed by atoms with Crippen LogP contribution < -0.4 is 4.90 Å². The molecule has 0 saturated carbocycles. The molecular formula is C24H33NO. The highest BCUT2D eigenvalue weighted by molar-refractivity contribution is 5.97. The van der Waals surface area contributed by atoms with Gasteiger partial charge >= 0.3 is 0 Å². The normalized spacial score (nSPS) is 16.7. The molecule has 0 bridgehead atoms. The Morgan fingerprint density at radius 3 is 2.50 bits per heavy atom. The molecule has 0 spiro atoms. The second kappa shape index (κ2) is 8.07. The highest BCUT2D eigenvalue weighted by atomic mass is 16.1. The summed E-state index contributed by atoms with van der Waals surface area (Å²) >= 11 is 0. The van der Waals surface area contributed by atoms with Gasteiger partial charge < -0.3 is 4.90 Å². The lowest BCUT2D eigenvalue weighted by atomic mass is 9.76. The minimum absolute atomic E-state index is 0.134. The number of fused-ring (bicyclic) bond motifs is 1. The van der Waals surface area contributed by atoms with Crippen molar-refractivity contribution in [3.8, 4) is 0 Å². The van der Waals surface area contributed by atoms with Gasteiger partial charge in [-0.3, -0.25) is 4.79 Å². The number of allylic oxidation sites excluding steroid dienone is 3. The minimum atomic E-state index is 0.134. The summed E-state index contributed by atoms with van der Waals surface area (Å²) in [5.74, 6) is 0.154. The molecule has 0 radical (unpaired) electrons. The van der Waals surface area contributed by atoms with Crippen molar-refractivity contribution in [3.05, 3.63) is 64.8 Å². The number of aryl methyl sites for hydroxylation is 1. The van der Waals surface area contributed by atoms with Gasteiger partial charge in [-0.05, 0) is 61.8 Å². The van der Waals surface area contributed by atoms with Crippen LogP contribution in [0.3, 0.4) is 0 Å². The molecule has 1 heterocycles. The zero-order valence-electron chi connectivity index (χ0n) is 17.3. The number of carbonyl (C=O) groups excluding carboxylic acids is 1. The maximum Gasteiger partial charge on any atom is 0.160 e. The monoisotopic (exact) mass is 351 g/mol. The van der Waals surface area contributed by atoms with Crippen LogP contribution in [0.2, 0.25) is 0 Å². The van der Waals surface area contributed by atoms with Crippen LogP contribution in [0.4, 0.5) is 5.69 Å². The largest absolute Gasteiger partial charge is 0.367 e. The summed E-state index contributed by atoms with van der Waals surface area (Å²) in [6.07, 6.45) is 8.37. The van der Waals surface area contributed by atoms with Crippen molar-refractivity contribution >= 4 is 11.5 Å². The Bertz CT molecular complexity index is 765. The van der Waals surface area contributed by atoms with Crippen molar-refractivity contribution in [2.75, 3.05) is 18.0 Å². The lowest BCUT2D eigenvalue weighted by Gasteiger charge is -2.41. The highest BCUT2D eigenvalue weighted by Crippen LogP contribution is 2.41. The predicted octanol–water partition coefficient (Wildman–Crippen LogP) is 6.02. The van der Waals surface area contributed by atoms with Crippen LogP contribution in [0.15, 0.2) is 48.1 Å². The van der Waals surface area contributed by atoms with Gasteiger partial charge in [0.1, 0.15) is 0 Å². The molecule has 0 amide bonds. The Hall–Kier alpha value is -2.09. The maximum absolute atomic E-state index is 12.2. The summed E-state index contributed by atoms with van der Waals surface area (Å²) in [5, 5.41) is 0. The first-order chi connectivity index (χ1) is 12.2. The fraction of sp³-hybridized carbons (Fsp3) is 0.458. The summed E-state index contributed by atoms with van der Waals surface area (Å²) in [5.41, 5.74) is 7.07. The number of rotatable bonds is 6. The van der Waals surface area contributed by atoms with E-state index >= 15 is 0 Å². The third-order valence-corrected chi connectivity index (χ3v) is 5.38. The van der Waals surface area contributed by atoms with Crippen LogP contribution >= 0.6 is 0 Å². The number of carbonyl (C=O) groups is 1. The van der Waals surface area contributed by atoms with Gasteiger partial charge in [0.15, 0.2) is 5.78 Å². The topological polar surface area (TPSA) is 20.3 Å². The molecule has 1 aromatic rings. The first kappa shape index (κ1) is 20.2. The molecule has 1 aromatic carbocycles. The molecule has 2 heteroatoms. The van der Waals surface area contributed by atoms with Crippen LogP contribution in [0.5, 0.6) is 0 Å². The van der Waals surface area contributed by atoms with E-state index in [4.69, 9.17) is 0 Å². The molecule has 0 N–H and O–H groups in total. The van der Waals surface area contributed by atoms with E-state index in [2.05, 4.69) is 69.5 Å². The van der Waals surface area contributed by atoms with Crippen molar-refractivity contribution in [2.24, 2.45) is 0 Å². The Morgan fingerprint density at radius 1 is 1.27 bits per heavy atom. The third-order valence-electron chi connectivity index (χ3n) is 5.38. The average molecular weight is 352 g/mol. The summed E-state index contributed by atoms with van der Waals surface area (Å²) in [6, 6.07) is 4.41. The van der Waals surface area contributed by atoms with Crippen LogP contribution in [-0.4, -0.2) is 18.9 Å². The SMILES string of the molecule is C=C(C)C=CC(=CC)CN1CCC(C)(C)c2cc(CC)c(C(C)=O)cc21. The molecule has 2 nitrogen and oxygen atoms in total. The van der Waals surface area contributed by atoms with Crippen molar-refractivity contribution < 1.29 is 4.79 Å². The minimum Gasteiger partial charge on any atom is -0.367 e. The number of nitrogens with zero attached hydrogens (tertiary/aromatic N) is 1. The molecule has 0 unspecified atom stereocenters. The van der Waals surface area contributed by atoms with E-state index in [1.807, 2.05) is 6.92 Å². The van der Waals surface area contributed by atoms with E-state index in [0.29, 0.717) is 0 Å². The van der Waals surface area contributed by atoms with Crippen molar-refractivity contribution in [2.45, 2.75) is 59.8 Å². The molecule has 1 aliphatic heterocycles. The van der Waals surface area contributed by atoms with Gasteiger partial charge in [0.25, 0.3) is 0 Å². The lowest BCUT2D eigenvalue weighted by Crippen LogP contribution is -2.38. The van der Waals surface area contributed by atoms with Gasteiger partial charge in [-0.1, -0.05) is 57.2 Å².